The minimum absolute atomic E-state index is 0.0926. The number of carbonyl (C=O) groups is 1. The van der Waals surface area contributed by atoms with Crippen molar-refractivity contribution in [3.8, 4) is 5.75 Å². The van der Waals surface area contributed by atoms with E-state index in [0.29, 0.717) is 12.1 Å². The van der Waals surface area contributed by atoms with E-state index in [1.165, 1.54) is 0 Å². The van der Waals surface area contributed by atoms with E-state index in [4.69, 9.17) is 4.74 Å². The molecule has 0 spiro atoms. The number of pyridine rings is 1. The number of hydrogen-bond acceptors (Lipinski definition) is 2. The van der Waals surface area contributed by atoms with Gasteiger partial charge in [0.25, 0.3) is 5.91 Å². The molecule has 2 N–H and O–H groups in total. The lowest BCUT2D eigenvalue weighted by Crippen LogP contribution is -2.23. The molecule has 4 heteroatoms. The molecule has 0 aliphatic carbocycles. The summed E-state index contributed by atoms with van der Waals surface area (Å²) in [5, 5.41) is 2.88. The third-order valence-electron chi connectivity index (χ3n) is 2.71. The van der Waals surface area contributed by atoms with Crippen LogP contribution in [0.4, 0.5) is 0 Å². The Hall–Kier alpha value is -2.36. The molecule has 2 rings (SSSR count). The van der Waals surface area contributed by atoms with Gasteiger partial charge in [0.2, 0.25) is 0 Å². The summed E-state index contributed by atoms with van der Waals surface area (Å²) in [5.74, 6) is 0.680. The van der Waals surface area contributed by atoms with Crippen LogP contribution in [0.15, 0.2) is 48.8 Å². The summed E-state index contributed by atoms with van der Waals surface area (Å²) in [6.45, 7) is 4.44. The van der Waals surface area contributed by atoms with E-state index in [0.717, 1.165) is 11.3 Å². The zero-order valence-corrected chi connectivity index (χ0v) is 11.7. The third kappa shape index (κ3) is 4.09. The van der Waals surface area contributed by atoms with Gasteiger partial charge in [-0.15, -0.1) is 0 Å². The monoisotopic (exact) mass is 271 g/mol. The molecule has 0 saturated heterocycles. The van der Waals surface area contributed by atoms with Crippen molar-refractivity contribution >= 4 is 5.91 Å². The first-order valence-corrected chi connectivity index (χ1v) is 6.65. The quantitative estimate of drug-likeness (QED) is 0.906. The van der Waals surface area contributed by atoms with Crippen LogP contribution in [0.2, 0.25) is 0 Å². The van der Waals surface area contributed by atoms with Crippen LogP contribution in [0.3, 0.4) is 0 Å². The fraction of sp³-hybridized carbons (Fsp3) is 0.250. The second kappa shape index (κ2) is 6.70. The van der Waals surface area contributed by atoms with Crippen LogP contribution in [-0.2, 0) is 6.54 Å². The molecule has 1 aromatic heterocycles. The van der Waals surface area contributed by atoms with Crippen molar-refractivity contribution in [1.29, 1.82) is 0 Å². The molecule has 0 bridgehead atoms. The fourth-order valence-electron chi connectivity index (χ4n) is 1.78. The number of rotatable bonds is 5. The summed E-state index contributed by atoms with van der Waals surface area (Å²) in [6, 6.07) is 11.0. The molecule has 1 amide bonds. The number of nitrogens with one attached hydrogen (secondary N) is 2. The molecule has 1 aromatic carbocycles. The van der Waals surface area contributed by atoms with Crippen LogP contribution < -0.4 is 15.0 Å². The number of H-pyrrole nitrogens is 1. The zero-order valence-electron chi connectivity index (χ0n) is 11.7. The lowest BCUT2D eigenvalue weighted by Gasteiger charge is -2.10. The van der Waals surface area contributed by atoms with E-state index in [1.54, 1.807) is 12.1 Å². The minimum Gasteiger partial charge on any atom is -0.491 e. The summed E-state index contributed by atoms with van der Waals surface area (Å²) in [5.41, 5.74) is 1.65. The van der Waals surface area contributed by atoms with Crippen molar-refractivity contribution in [3.63, 3.8) is 0 Å². The smallest absolute Gasteiger partial charge is 0.251 e. The highest BCUT2D eigenvalue weighted by molar-refractivity contribution is 5.94. The maximum atomic E-state index is 12.0. The molecule has 104 valence electrons. The van der Waals surface area contributed by atoms with Crippen molar-refractivity contribution in [2.75, 3.05) is 0 Å². The van der Waals surface area contributed by atoms with Crippen LogP contribution >= 0.6 is 0 Å². The van der Waals surface area contributed by atoms with E-state index in [9.17, 15) is 4.79 Å². The SMILES string of the molecule is CC(C)Oc1ccc(C(=O)NCc2ccc[nH+]c2)cc1. The summed E-state index contributed by atoms with van der Waals surface area (Å²) in [4.78, 5) is 15.0. The van der Waals surface area contributed by atoms with Crippen LogP contribution in [-0.4, -0.2) is 12.0 Å². The summed E-state index contributed by atoms with van der Waals surface area (Å²) in [6.07, 6.45) is 3.82. The Morgan fingerprint density at radius 3 is 2.60 bits per heavy atom. The number of aromatic nitrogens is 1. The Morgan fingerprint density at radius 2 is 2.00 bits per heavy atom. The number of hydrogen-bond donors (Lipinski definition) is 1. The molecule has 0 unspecified atom stereocenters. The van der Waals surface area contributed by atoms with Crippen molar-refractivity contribution in [1.82, 2.24) is 5.32 Å². The van der Waals surface area contributed by atoms with Gasteiger partial charge >= 0.3 is 0 Å². The zero-order chi connectivity index (χ0) is 14.4. The third-order valence-corrected chi connectivity index (χ3v) is 2.71. The van der Waals surface area contributed by atoms with Gasteiger partial charge in [0.05, 0.1) is 6.10 Å². The van der Waals surface area contributed by atoms with E-state index in [-0.39, 0.29) is 12.0 Å². The summed E-state index contributed by atoms with van der Waals surface area (Å²) < 4.78 is 5.54. The van der Waals surface area contributed by atoms with E-state index in [1.807, 2.05) is 50.5 Å². The highest BCUT2D eigenvalue weighted by Crippen LogP contribution is 2.13. The maximum absolute atomic E-state index is 12.0. The van der Waals surface area contributed by atoms with Gasteiger partial charge in [0, 0.05) is 23.7 Å². The van der Waals surface area contributed by atoms with Crippen molar-refractivity contribution < 1.29 is 14.5 Å². The molecule has 20 heavy (non-hydrogen) atoms. The van der Waals surface area contributed by atoms with Crippen molar-refractivity contribution in [2.24, 2.45) is 0 Å². The van der Waals surface area contributed by atoms with Gasteiger partial charge in [-0.2, -0.15) is 0 Å². The van der Waals surface area contributed by atoms with Gasteiger partial charge in [-0.1, -0.05) is 0 Å². The molecule has 0 aliphatic heterocycles. The highest BCUT2D eigenvalue weighted by atomic mass is 16.5. The minimum atomic E-state index is -0.0926. The fourth-order valence-corrected chi connectivity index (χ4v) is 1.78. The molecule has 4 nitrogen and oxygen atoms in total. The molecule has 0 aliphatic rings. The van der Waals surface area contributed by atoms with Crippen molar-refractivity contribution in [2.45, 2.75) is 26.5 Å². The average Bonchev–Trinajstić information content (AvgIpc) is 2.46. The van der Waals surface area contributed by atoms with Gasteiger partial charge < -0.3 is 10.1 Å². The lowest BCUT2D eigenvalue weighted by molar-refractivity contribution is -0.378. The Morgan fingerprint density at radius 1 is 1.25 bits per heavy atom. The molecule has 2 aromatic rings. The standard InChI is InChI=1S/C16H18N2O2/c1-12(2)20-15-7-5-14(6-8-15)16(19)18-11-13-4-3-9-17-10-13/h3-10,12H,11H2,1-2H3,(H,18,19)/p+1. The van der Waals surface area contributed by atoms with Crippen LogP contribution in [0.25, 0.3) is 0 Å². The predicted octanol–water partition coefficient (Wildman–Crippen LogP) is 2.22. The molecular weight excluding hydrogens is 252 g/mol. The first kappa shape index (κ1) is 14.1. The van der Waals surface area contributed by atoms with Gasteiger partial charge in [0.1, 0.15) is 5.75 Å². The van der Waals surface area contributed by atoms with Crippen LogP contribution in [0.1, 0.15) is 29.8 Å². The molecule has 0 atom stereocenters. The van der Waals surface area contributed by atoms with Gasteiger partial charge in [0.15, 0.2) is 12.4 Å². The summed E-state index contributed by atoms with van der Waals surface area (Å²) >= 11 is 0. The van der Waals surface area contributed by atoms with Crippen molar-refractivity contribution in [3.05, 3.63) is 59.9 Å². The number of ether oxygens (including phenoxy) is 1. The topological polar surface area (TPSA) is 52.5 Å². The Bertz CT molecular complexity index is 550. The molecule has 0 saturated carbocycles. The van der Waals surface area contributed by atoms with E-state index in [2.05, 4.69) is 10.3 Å². The number of carbonyl (C=O) groups excluding carboxylic acids is 1. The predicted molar refractivity (Wildman–Crippen MR) is 76.4 cm³/mol. The van der Waals surface area contributed by atoms with Gasteiger partial charge in [-0.25, -0.2) is 4.98 Å². The Balaban J connectivity index is 1.92. The lowest BCUT2D eigenvalue weighted by atomic mass is 10.2. The van der Waals surface area contributed by atoms with E-state index >= 15 is 0 Å². The molecule has 1 heterocycles. The molecular formula is C16H19N2O2+. The first-order chi connectivity index (χ1) is 9.65. The second-order valence-electron chi connectivity index (χ2n) is 4.79. The Labute approximate surface area is 118 Å². The second-order valence-corrected chi connectivity index (χ2v) is 4.79. The first-order valence-electron chi connectivity index (χ1n) is 6.65. The maximum Gasteiger partial charge on any atom is 0.251 e. The highest BCUT2D eigenvalue weighted by Gasteiger charge is 2.06. The number of benzene rings is 1. The largest absolute Gasteiger partial charge is 0.491 e. The number of amides is 1. The average molecular weight is 271 g/mol. The van der Waals surface area contributed by atoms with Gasteiger partial charge in [-0.05, 0) is 44.2 Å². The number of aromatic amines is 1. The van der Waals surface area contributed by atoms with E-state index < -0.39 is 0 Å². The molecule has 0 fully saturated rings. The normalized spacial score (nSPS) is 10.3. The summed E-state index contributed by atoms with van der Waals surface area (Å²) in [7, 11) is 0. The van der Waals surface area contributed by atoms with Crippen LogP contribution in [0, 0.1) is 0 Å². The van der Waals surface area contributed by atoms with Gasteiger partial charge in [-0.3, -0.25) is 4.79 Å². The Kier molecular flexibility index (Phi) is 4.71. The molecule has 0 radical (unpaired) electrons. The van der Waals surface area contributed by atoms with Crippen LogP contribution in [0.5, 0.6) is 5.75 Å².